The zero-order valence-corrected chi connectivity index (χ0v) is 16.4. The second-order valence-electron chi connectivity index (χ2n) is 7.35. The molecule has 0 aromatic carbocycles. The molecular formula is C18H33N7O. The fourth-order valence-electron chi connectivity index (χ4n) is 3.36. The Morgan fingerprint density at radius 3 is 2.62 bits per heavy atom. The molecule has 2 aliphatic rings. The van der Waals surface area contributed by atoms with Crippen molar-refractivity contribution in [3.8, 4) is 0 Å². The Balaban J connectivity index is 1.53. The van der Waals surface area contributed by atoms with Gasteiger partial charge in [-0.3, -0.25) is 0 Å². The van der Waals surface area contributed by atoms with Crippen molar-refractivity contribution in [1.82, 2.24) is 30.3 Å². The molecule has 1 saturated heterocycles. The van der Waals surface area contributed by atoms with E-state index in [0.717, 1.165) is 43.2 Å². The average molecular weight is 364 g/mol. The lowest BCUT2D eigenvalue weighted by Crippen LogP contribution is -2.49. The summed E-state index contributed by atoms with van der Waals surface area (Å²) in [7, 11) is 3.71. The number of aliphatic imine (C=N–C) groups is 1. The first kappa shape index (κ1) is 19.1. The van der Waals surface area contributed by atoms with Crippen molar-refractivity contribution in [2.24, 2.45) is 12.0 Å². The minimum absolute atomic E-state index is 0.486. The van der Waals surface area contributed by atoms with Crippen LogP contribution in [0.15, 0.2) is 4.99 Å². The minimum atomic E-state index is 0.486. The zero-order chi connectivity index (χ0) is 18.4. The Hall–Kier alpha value is -1.67. The van der Waals surface area contributed by atoms with Crippen molar-refractivity contribution in [2.45, 2.75) is 57.7 Å². The van der Waals surface area contributed by atoms with Crippen LogP contribution in [0.4, 0.5) is 0 Å². The number of methoxy groups -OCH3 is 1. The Kier molecular flexibility index (Phi) is 6.85. The van der Waals surface area contributed by atoms with Gasteiger partial charge in [0.15, 0.2) is 11.8 Å². The van der Waals surface area contributed by atoms with Crippen LogP contribution in [0, 0.1) is 6.92 Å². The fraction of sp³-hybridized carbons (Fsp3) is 0.833. The largest absolute Gasteiger partial charge is 0.385 e. The Bertz CT molecular complexity index is 588. The summed E-state index contributed by atoms with van der Waals surface area (Å²) in [6.07, 6.45) is 6.10. The van der Waals surface area contributed by atoms with E-state index in [-0.39, 0.29) is 0 Å². The predicted molar refractivity (Wildman–Crippen MR) is 102 cm³/mol. The number of aromatic nitrogens is 3. The molecule has 3 rings (SSSR count). The predicted octanol–water partition coefficient (Wildman–Crippen LogP) is 0.822. The molecule has 2 heterocycles. The normalized spacial score (nSPS) is 19.7. The third-order valence-electron chi connectivity index (χ3n) is 5.31. The van der Waals surface area contributed by atoms with E-state index < -0.39 is 0 Å². The van der Waals surface area contributed by atoms with Crippen molar-refractivity contribution >= 4 is 5.96 Å². The maximum Gasteiger partial charge on any atom is 0.191 e. The summed E-state index contributed by atoms with van der Waals surface area (Å²) in [4.78, 5) is 7.39. The molecule has 0 amide bonds. The van der Waals surface area contributed by atoms with Crippen LogP contribution in [0.2, 0.25) is 0 Å². The molecule has 146 valence electrons. The van der Waals surface area contributed by atoms with Gasteiger partial charge in [0.05, 0.1) is 0 Å². The first-order chi connectivity index (χ1) is 12.7. The maximum absolute atomic E-state index is 5.13. The molecule has 0 atom stereocenters. The highest BCUT2D eigenvalue weighted by Gasteiger charge is 2.31. The average Bonchev–Trinajstić information content (AvgIpc) is 3.45. The van der Waals surface area contributed by atoms with E-state index in [0.29, 0.717) is 12.6 Å². The highest BCUT2D eigenvalue weighted by Crippen LogP contribution is 2.29. The number of piperidine rings is 1. The molecule has 8 nitrogen and oxygen atoms in total. The number of hydrogen-bond acceptors (Lipinski definition) is 5. The summed E-state index contributed by atoms with van der Waals surface area (Å²) in [5, 5.41) is 15.4. The number of guanidine groups is 1. The van der Waals surface area contributed by atoms with Gasteiger partial charge in [-0.05, 0) is 39.0 Å². The van der Waals surface area contributed by atoms with E-state index in [9.17, 15) is 0 Å². The number of ether oxygens (including phenoxy) is 1. The molecular weight excluding hydrogens is 330 g/mol. The highest BCUT2D eigenvalue weighted by molar-refractivity contribution is 5.80. The SMILES string of the molecule is COCCCNC(=NCc1nnc(C)n1C)NC1CCN(C2CC2)CC1. The van der Waals surface area contributed by atoms with Crippen LogP contribution < -0.4 is 10.6 Å². The number of rotatable bonds is 8. The van der Waals surface area contributed by atoms with Crippen molar-refractivity contribution in [3.63, 3.8) is 0 Å². The van der Waals surface area contributed by atoms with E-state index in [1.807, 2.05) is 18.5 Å². The smallest absolute Gasteiger partial charge is 0.191 e. The van der Waals surface area contributed by atoms with Gasteiger partial charge in [0.2, 0.25) is 0 Å². The van der Waals surface area contributed by atoms with Crippen molar-refractivity contribution < 1.29 is 4.74 Å². The zero-order valence-electron chi connectivity index (χ0n) is 16.4. The van der Waals surface area contributed by atoms with Gasteiger partial charge in [-0.15, -0.1) is 10.2 Å². The molecule has 2 fully saturated rings. The maximum atomic E-state index is 5.13. The van der Waals surface area contributed by atoms with Crippen molar-refractivity contribution in [2.75, 3.05) is 33.4 Å². The number of nitrogens with zero attached hydrogens (tertiary/aromatic N) is 5. The summed E-state index contributed by atoms with van der Waals surface area (Å²) in [5.41, 5.74) is 0. The Morgan fingerprint density at radius 1 is 1.23 bits per heavy atom. The molecule has 8 heteroatoms. The highest BCUT2D eigenvalue weighted by atomic mass is 16.5. The summed E-state index contributed by atoms with van der Waals surface area (Å²) >= 11 is 0. The number of aryl methyl sites for hydroxylation is 1. The van der Waals surface area contributed by atoms with Crippen molar-refractivity contribution in [1.29, 1.82) is 0 Å². The number of likely N-dealkylation sites (tertiary alicyclic amines) is 1. The lowest BCUT2D eigenvalue weighted by molar-refractivity contribution is 0.194. The summed E-state index contributed by atoms with van der Waals surface area (Å²) in [6, 6.07) is 1.36. The van der Waals surface area contributed by atoms with Crippen LogP contribution in [0.1, 0.15) is 43.8 Å². The second kappa shape index (κ2) is 9.32. The van der Waals surface area contributed by atoms with Crippen LogP contribution in [0.5, 0.6) is 0 Å². The molecule has 0 spiro atoms. The summed E-state index contributed by atoms with van der Waals surface area (Å²) in [6.45, 7) is 6.47. The Labute approximate surface area is 156 Å². The van der Waals surface area contributed by atoms with Crippen LogP contribution in [0.25, 0.3) is 0 Å². The van der Waals surface area contributed by atoms with Crippen LogP contribution in [0.3, 0.4) is 0 Å². The lowest BCUT2D eigenvalue weighted by atomic mass is 10.1. The molecule has 1 aliphatic heterocycles. The Morgan fingerprint density at radius 2 is 2.00 bits per heavy atom. The van der Waals surface area contributed by atoms with E-state index in [1.54, 1.807) is 7.11 Å². The molecule has 1 aromatic heterocycles. The molecule has 26 heavy (non-hydrogen) atoms. The van der Waals surface area contributed by atoms with E-state index in [2.05, 4.69) is 25.7 Å². The molecule has 1 aromatic rings. The van der Waals surface area contributed by atoms with E-state index in [1.165, 1.54) is 38.8 Å². The third kappa shape index (κ3) is 5.41. The topological polar surface area (TPSA) is 79.6 Å². The van der Waals surface area contributed by atoms with Gasteiger partial charge in [0, 0.05) is 52.5 Å². The minimum Gasteiger partial charge on any atom is -0.385 e. The molecule has 1 aliphatic carbocycles. The monoisotopic (exact) mass is 363 g/mol. The summed E-state index contributed by atoms with van der Waals surface area (Å²) in [5.74, 6) is 2.65. The van der Waals surface area contributed by atoms with Gasteiger partial charge in [0.1, 0.15) is 12.4 Å². The first-order valence-electron chi connectivity index (χ1n) is 9.80. The van der Waals surface area contributed by atoms with Gasteiger partial charge in [0.25, 0.3) is 0 Å². The van der Waals surface area contributed by atoms with E-state index in [4.69, 9.17) is 9.73 Å². The van der Waals surface area contributed by atoms with E-state index >= 15 is 0 Å². The fourth-order valence-corrected chi connectivity index (χ4v) is 3.36. The van der Waals surface area contributed by atoms with Crippen molar-refractivity contribution in [3.05, 3.63) is 11.6 Å². The quantitative estimate of drug-likeness (QED) is 0.404. The standard InChI is InChI=1S/C18H33N7O/c1-14-22-23-17(24(14)2)13-20-18(19-9-4-12-26-3)21-15-7-10-25(11-8-15)16-5-6-16/h15-16H,4-13H2,1-3H3,(H2,19,20,21). The number of nitrogens with one attached hydrogen (secondary N) is 2. The lowest BCUT2D eigenvalue weighted by Gasteiger charge is -2.33. The van der Waals surface area contributed by atoms with Gasteiger partial charge in [-0.2, -0.15) is 0 Å². The molecule has 0 bridgehead atoms. The summed E-state index contributed by atoms with van der Waals surface area (Å²) < 4.78 is 7.12. The van der Waals surface area contributed by atoms with Gasteiger partial charge >= 0.3 is 0 Å². The van der Waals surface area contributed by atoms with Crippen LogP contribution >= 0.6 is 0 Å². The first-order valence-corrected chi connectivity index (χ1v) is 9.80. The molecule has 0 unspecified atom stereocenters. The molecule has 2 N–H and O–H groups in total. The number of hydrogen-bond donors (Lipinski definition) is 2. The van der Waals surface area contributed by atoms with Crippen LogP contribution in [-0.4, -0.2) is 71.1 Å². The van der Waals surface area contributed by atoms with Gasteiger partial charge in [-0.25, -0.2) is 4.99 Å². The van der Waals surface area contributed by atoms with Gasteiger partial charge < -0.3 is 24.8 Å². The third-order valence-corrected chi connectivity index (χ3v) is 5.31. The van der Waals surface area contributed by atoms with Crippen LogP contribution in [-0.2, 0) is 18.3 Å². The molecule has 1 saturated carbocycles. The van der Waals surface area contributed by atoms with Gasteiger partial charge in [-0.1, -0.05) is 0 Å². The molecule has 0 radical (unpaired) electrons. The second-order valence-corrected chi connectivity index (χ2v) is 7.35.